The molecule has 0 amide bonds. The predicted octanol–water partition coefficient (Wildman–Crippen LogP) is 3.60. The summed E-state index contributed by atoms with van der Waals surface area (Å²) in [5.74, 6) is -0.180. The van der Waals surface area contributed by atoms with E-state index in [2.05, 4.69) is 44.0 Å². The third-order valence-corrected chi connectivity index (χ3v) is 3.28. The van der Waals surface area contributed by atoms with Gasteiger partial charge in [0.25, 0.3) is 0 Å². The molecule has 1 unspecified atom stereocenters. The van der Waals surface area contributed by atoms with E-state index in [1.807, 2.05) is 18.5 Å². The van der Waals surface area contributed by atoms with Gasteiger partial charge in [-0.3, -0.25) is 0 Å². The van der Waals surface area contributed by atoms with Gasteiger partial charge in [0, 0.05) is 12.4 Å². The van der Waals surface area contributed by atoms with E-state index < -0.39 is 0 Å². The molecule has 86 valence electrons. The number of aromatic nitrogens is 1. The van der Waals surface area contributed by atoms with Crippen molar-refractivity contribution in [3.63, 3.8) is 0 Å². The molecule has 0 aliphatic carbocycles. The second-order valence-electron chi connectivity index (χ2n) is 4.50. The molecule has 2 rings (SSSR count). The average molecular weight is 224 g/mol. The monoisotopic (exact) mass is 224 g/mol. The maximum Gasteiger partial charge on any atom is 0.0979 e. The SMILES string of the molecule is Cc1cc(C)c(C(C#N)c2cc[nH]c2)cc1C. The van der Waals surface area contributed by atoms with E-state index in [9.17, 15) is 5.26 Å². The molecule has 0 aliphatic heterocycles. The maximum absolute atomic E-state index is 9.37. The molecule has 2 aromatic rings. The highest BCUT2D eigenvalue weighted by Crippen LogP contribution is 2.28. The molecule has 0 spiro atoms. The smallest absolute Gasteiger partial charge is 0.0979 e. The van der Waals surface area contributed by atoms with Gasteiger partial charge in [0.2, 0.25) is 0 Å². The maximum atomic E-state index is 9.37. The fraction of sp³-hybridized carbons (Fsp3) is 0.267. The minimum Gasteiger partial charge on any atom is -0.367 e. The Labute approximate surface area is 102 Å². The van der Waals surface area contributed by atoms with Gasteiger partial charge in [-0.05, 0) is 54.7 Å². The largest absolute Gasteiger partial charge is 0.367 e. The third kappa shape index (κ3) is 2.09. The van der Waals surface area contributed by atoms with E-state index in [0.29, 0.717) is 0 Å². The van der Waals surface area contributed by atoms with Crippen LogP contribution in [0.2, 0.25) is 0 Å². The highest BCUT2D eigenvalue weighted by Gasteiger charge is 2.16. The van der Waals surface area contributed by atoms with Crippen molar-refractivity contribution in [3.05, 3.63) is 58.4 Å². The Hall–Kier alpha value is -2.01. The Morgan fingerprint density at radius 1 is 1.12 bits per heavy atom. The van der Waals surface area contributed by atoms with Crippen LogP contribution in [0.1, 0.15) is 33.7 Å². The fourth-order valence-corrected chi connectivity index (χ4v) is 2.13. The highest BCUT2D eigenvalue weighted by molar-refractivity contribution is 5.45. The number of aryl methyl sites for hydroxylation is 3. The lowest BCUT2D eigenvalue weighted by Crippen LogP contribution is -2.01. The molecule has 0 radical (unpaired) electrons. The molecule has 1 N–H and O–H groups in total. The molecule has 0 saturated carbocycles. The predicted molar refractivity (Wildman–Crippen MR) is 68.9 cm³/mol. The minimum absolute atomic E-state index is 0.180. The van der Waals surface area contributed by atoms with Crippen LogP contribution in [-0.2, 0) is 0 Å². The van der Waals surface area contributed by atoms with Crippen LogP contribution < -0.4 is 0 Å². The lowest BCUT2D eigenvalue weighted by molar-refractivity contribution is 1.01. The number of nitrogens with one attached hydrogen (secondary N) is 1. The number of hydrogen-bond donors (Lipinski definition) is 1. The summed E-state index contributed by atoms with van der Waals surface area (Å²) in [5.41, 5.74) is 5.83. The molecule has 17 heavy (non-hydrogen) atoms. The van der Waals surface area contributed by atoms with Crippen LogP contribution in [-0.4, -0.2) is 4.98 Å². The Morgan fingerprint density at radius 3 is 2.41 bits per heavy atom. The van der Waals surface area contributed by atoms with E-state index in [0.717, 1.165) is 11.1 Å². The van der Waals surface area contributed by atoms with Gasteiger partial charge in [-0.1, -0.05) is 12.1 Å². The zero-order valence-electron chi connectivity index (χ0n) is 10.4. The fourth-order valence-electron chi connectivity index (χ4n) is 2.13. The van der Waals surface area contributed by atoms with E-state index in [1.54, 1.807) is 0 Å². The summed E-state index contributed by atoms with van der Waals surface area (Å²) in [4.78, 5) is 3.01. The molecular weight excluding hydrogens is 208 g/mol. The van der Waals surface area contributed by atoms with Crippen LogP contribution in [0.3, 0.4) is 0 Å². The van der Waals surface area contributed by atoms with Crippen LogP contribution in [0.5, 0.6) is 0 Å². The third-order valence-electron chi connectivity index (χ3n) is 3.28. The molecule has 0 fully saturated rings. The molecule has 0 bridgehead atoms. The topological polar surface area (TPSA) is 39.6 Å². The van der Waals surface area contributed by atoms with E-state index in [1.165, 1.54) is 16.7 Å². The van der Waals surface area contributed by atoms with Gasteiger partial charge in [-0.2, -0.15) is 5.26 Å². The van der Waals surface area contributed by atoms with Crippen molar-refractivity contribution in [1.29, 1.82) is 5.26 Å². The molecule has 1 aromatic carbocycles. The molecule has 2 nitrogen and oxygen atoms in total. The van der Waals surface area contributed by atoms with Gasteiger partial charge in [-0.15, -0.1) is 0 Å². The molecule has 1 atom stereocenters. The highest BCUT2D eigenvalue weighted by atomic mass is 14.6. The zero-order chi connectivity index (χ0) is 12.4. The molecule has 0 aliphatic rings. The number of nitriles is 1. The van der Waals surface area contributed by atoms with Crippen molar-refractivity contribution < 1.29 is 0 Å². The van der Waals surface area contributed by atoms with Crippen LogP contribution in [0, 0.1) is 32.1 Å². The van der Waals surface area contributed by atoms with E-state index in [4.69, 9.17) is 0 Å². The summed E-state index contributed by atoms with van der Waals surface area (Å²) in [6, 6.07) is 8.63. The molecular formula is C15H16N2. The Bertz CT molecular complexity index is 559. The lowest BCUT2D eigenvalue weighted by Gasteiger charge is -2.14. The number of hydrogen-bond acceptors (Lipinski definition) is 1. The van der Waals surface area contributed by atoms with Crippen LogP contribution in [0.4, 0.5) is 0 Å². The van der Waals surface area contributed by atoms with E-state index in [-0.39, 0.29) is 5.92 Å². The number of nitrogens with zero attached hydrogens (tertiary/aromatic N) is 1. The van der Waals surface area contributed by atoms with Gasteiger partial charge in [0.15, 0.2) is 0 Å². The van der Waals surface area contributed by atoms with Crippen molar-refractivity contribution >= 4 is 0 Å². The molecule has 0 saturated heterocycles. The first-order chi connectivity index (χ1) is 8.13. The Balaban J connectivity index is 2.53. The number of H-pyrrole nitrogens is 1. The summed E-state index contributed by atoms with van der Waals surface area (Å²) < 4.78 is 0. The summed E-state index contributed by atoms with van der Waals surface area (Å²) in [6.45, 7) is 6.26. The first-order valence-corrected chi connectivity index (χ1v) is 5.73. The van der Waals surface area contributed by atoms with Crippen molar-refractivity contribution in [1.82, 2.24) is 4.98 Å². The average Bonchev–Trinajstić information content (AvgIpc) is 2.80. The number of benzene rings is 1. The standard InChI is InChI=1S/C15H16N2/c1-10-6-12(3)14(7-11(10)2)15(8-16)13-4-5-17-9-13/h4-7,9,15,17H,1-3H3. The summed E-state index contributed by atoms with van der Waals surface area (Å²) in [7, 11) is 0. The zero-order valence-corrected chi connectivity index (χ0v) is 10.4. The second kappa shape index (κ2) is 4.47. The van der Waals surface area contributed by atoms with Gasteiger partial charge < -0.3 is 4.98 Å². The number of aromatic amines is 1. The normalized spacial score (nSPS) is 12.1. The molecule has 1 heterocycles. The summed E-state index contributed by atoms with van der Waals surface area (Å²) in [6.07, 6.45) is 3.75. The van der Waals surface area contributed by atoms with Crippen molar-refractivity contribution in [2.45, 2.75) is 26.7 Å². The van der Waals surface area contributed by atoms with Gasteiger partial charge in [0.1, 0.15) is 0 Å². The van der Waals surface area contributed by atoms with Crippen LogP contribution in [0.25, 0.3) is 0 Å². The van der Waals surface area contributed by atoms with Gasteiger partial charge >= 0.3 is 0 Å². The van der Waals surface area contributed by atoms with Crippen LogP contribution >= 0.6 is 0 Å². The summed E-state index contributed by atoms with van der Waals surface area (Å²) in [5, 5.41) is 9.37. The van der Waals surface area contributed by atoms with Gasteiger partial charge in [-0.25, -0.2) is 0 Å². The first kappa shape index (κ1) is 11.5. The van der Waals surface area contributed by atoms with E-state index >= 15 is 0 Å². The Kier molecular flexibility index (Phi) is 3.01. The van der Waals surface area contributed by atoms with Crippen LogP contribution in [0.15, 0.2) is 30.6 Å². The second-order valence-corrected chi connectivity index (χ2v) is 4.50. The first-order valence-electron chi connectivity index (χ1n) is 5.73. The quantitative estimate of drug-likeness (QED) is 0.831. The molecule has 2 heteroatoms. The lowest BCUT2D eigenvalue weighted by atomic mass is 9.88. The van der Waals surface area contributed by atoms with Crippen molar-refractivity contribution in [3.8, 4) is 6.07 Å². The number of rotatable bonds is 2. The van der Waals surface area contributed by atoms with Crippen molar-refractivity contribution in [2.75, 3.05) is 0 Å². The Morgan fingerprint density at radius 2 is 1.82 bits per heavy atom. The van der Waals surface area contributed by atoms with Gasteiger partial charge in [0.05, 0.1) is 12.0 Å². The minimum atomic E-state index is -0.180. The van der Waals surface area contributed by atoms with Crippen molar-refractivity contribution in [2.24, 2.45) is 0 Å². The summed E-state index contributed by atoms with van der Waals surface area (Å²) >= 11 is 0. The molecule has 1 aromatic heterocycles.